The van der Waals surface area contributed by atoms with Crippen molar-refractivity contribution in [1.82, 2.24) is 9.88 Å². The molecule has 0 saturated heterocycles. The summed E-state index contributed by atoms with van der Waals surface area (Å²) >= 11 is 5.17. The Morgan fingerprint density at radius 2 is 1.83 bits per heavy atom. The minimum absolute atomic E-state index is 0.173. The molecule has 128 valence electrons. The number of pyridine rings is 1. The van der Waals surface area contributed by atoms with E-state index in [2.05, 4.69) is 4.98 Å². The number of nitrogens with one attached hydrogen (secondary N) is 1. The molecule has 0 bridgehead atoms. The molecule has 2 aromatic rings. The molecule has 1 aromatic carbocycles. The topological polar surface area (TPSA) is 63.8 Å². The Labute approximate surface area is 146 Å². The summed E-state index contributed by atoms with van der Waals surface area (Å²) in [5.41, 5.74) is 1.26. The van der Waals surface area contributed by atoms with Crippen molar-refractivity contribution in [3.05, 3.63) is 46.2 Å². The van der Waals surface area contributed by atoms with Gasteiger partial charge >= 0.3 is 0 Å². The van der Waals surface area contributed by atoms with Gasteiger partial charge in [-0.1, -0.05) is 12.2 Å². The van der Waals surface area contributed by atoms with Crippen LogP contribution in [0.25, 0.3) is 0 Å². The molecule has 1 heterocycles. The second-order valence-corrected chi connectivity index (χ2v) is 5.48. The molecule has 6 nitrogen and oxygen atoms in total. The Kier molecular flexibility index (Phi) is 5.81. The van der Waals surface area contributed by atoms with Gasteiger partial charge in [-0.05, 0) is 24.3 Å². The number of carbonyl (C=O) groups is 1. The lowest BCUT2D eigenvalue weighted by atomic mass is 10.1. The van der Waals surface area contributed by atoms with Crippen molar-refractivity contribution >= 4 is 18.1 Å². The zero-order valence-electron chi connectivity index (χ0n) is 14.1. The lowest BCUT2D eigenvalue weighted by Crippen LogP contribution is -2.27. The van der Waals surface area contributed by atoms with Crippen LogP contribution >= 0.6 is 12.2 Å². The molecule has 2 rings (SSSR count). The summed E-state index contributed by atoms with van der Waals surface area (Å²) in [6.07, 6.45) is 1.69. The highest BCUT2D eigenvalue weighted by molar-refractivity contribution is 7.71. The predicted octanol–water partition coefficient (Wildman–Crippen LogP) is 3.04. The largest absolute Gasteiger partial charge is 0.493 e. The number of benzene rings is 1. The van der Waals surface area contributed by atoms with Crippen LogP contribution < -0.4 is 14.2 Å². The number of amides is 1. The van der Waals surface area contributed by atoms with Gasteiger partial charge in [-0.3, -0.25) is 4.79 Å². The molecule has 1 N–H and O–H groups in total. The van der Waals surface area contributed by atoms with E-state index in [4.69, 9.17) is 26.4 Å². The Balaban J connectivity index is 2.32. The number of ether oxygens (including phenoxy) is 3. The highest BCUT2D eigenvalue weighted by Gasteiger charge is 2.19. The van der Waals surface area contributed by atoms with Gasteiger partial charge in [0.15, 0.2) is 11.5 Å². The molecule has 0 saturated carbocycles. The number of aromatic amines is 1. The third-order valence-electron chi connectivity index (χ3n) is 3.59. The van der Waals surface area contributed by atoms with E-state index in [1.165, 1.54) is 0 Å². The fourth-order valence-corrected chi connectivity index (χ4v) is 2.63. The number of nitrogens with zero attached hydrogens (tertiary/aromatic N) is 1. The molecular formula is C17H20N2O4S. The van der Waals surface area contributed by atoms with E-state index < -0.39 is 0 Å². The summed E-state index contributed by atoms with van der Waals surface area (Å²) in [4.78, 5) is 17.0. The highest BCUT2D eigenvalue weighted by Crippen LogP contribution is 2.40. The van der Waals surface area contributed by atoms with Gasteiger partial charge in [-0.2, -0.15) is 0 Å². The van der Waals surface area contributed by atoms with Crippen LogP contribution in [0.5, 0.6) is 17.2 Å². The molecule has 0 aliphatic rings. The molecule has 7 heteroatoms. The normalized spacial score (nSPS) is 10.2. The van der Waals surface area contributed by atoms with Gasteiger partial charge in [0.25, 0.3) is 5.91 Å². The standard InChI is InChI=1S/C17H20N2O4S/c1-19(17(20)12-6-5-9-18-16(12)24)10-11-7-8-13(21-2)15(23-4)14(11)22-3/h5-9H,10H2,1-4H3,(H,18,24). The second-order valence-electron chi connectivity index (χ2n) is 5.07. The van der Waals surface area contributed by atoms with E-state index in [1.807, 2.05) is 6.07 Å². The average molecular weight is 348 g/mol. The van der Waals surface area contributed by atoms with Crippen LogP contribution in [0.4, 0.5) is 0 Å². The molecule has 0 spiro atoms. The molecule has 0 fully saturated rings. The monoisotopic (exact) mass is 348 g/mol. The Morgan fingerprint density at radius 3 is 2.42 bits per heavy atom. The van der Waals surface area contributed by atoms with Crippen LogP contribution in [0.2, 0.25) is 0 Å². The van der Waals surface area contributed by atoms with E-state index >= 15 is 0 Å². The van der Waals surface area contributed by atoms with Gasteiger partial charge in [-0.25, -0.2) is 0 Å². The van der Waals surface area contributed by atoms with Crippen LogP contribution in [0.1, 0.15) is 15.9 Å². The maximum atomic E-state index is 12.6. The van der Waals surface area contributed by atoms with Gasteiger partial charge in [0, 0.05) is 25.4 Å². The molecule has 1 aromatic heterocycles. The molecule has 0 aliphatic heterocycles. The smallest absolute Gasteiger partial charge is 0.256 e. The van der Waals surface area contributed by atoms with Gasteiger partial charge < -0.3 is 24.1 Å². The maximum absolute atomic E-state index is 12.6. The molecule has 0 aliphatic carbocycles. The first kappa shape index (κ1) is 17.8. The number of H-pyrrole nitrogens is 1. The number of methoxy groups -OCH3 is 3. The van der Waals surface area contributed by atoms with Crippen LogP contribution in [-0.4, -0.2) is 44.2 Å². The Bertz CT molecular complexity index is 788. The van der Waals surface area contributed by atoms with E-state index in [1.54, 1.807) is 57.7 Å². The first-order valence-electron chi connectivity index (χ1n) is 7.24. The number of aromatic nitrogens is 1. The molecular weight excluding hydrogens is 328 g/mol. The lowest BCUT2D eigenvalue weighted by molar-refractivity contribution is 0.0783. The summed E-state index contributed by atoms with van der Waals surface area (Å²) in [6, 6.07) is 7.07. The SMILES string of the molecule is COc1ccc(CN(C)C(=O)c2ccc[nH]c2=S)c(OC)c1OC. The number of rotatable bonds is 6. The zero-order valence-corrected chi connectivity index (χ0v) is 14.9. The first-order chi connectivity index (χ1) is 11.5. The van der Waals surface area contributed by atoms with Gasteiger partial charge in [0.1, 0.15) is 4.64 Å². The summed E-state index contributed by atoms with van der Waals surface area (Å²) in [6.45, 7) is 0.339. The molecule has 24 heavy (non-hydrogen) atoms. The Morgan fingerprint density at radius 1 is 1.12 bits per heavy atom. The molecule has 0 unspecified atom stereocenters. The van der Waals surface area contributed by atoms with Crippen LogP contribution in [0, 0.1) is 4.64 Å². The van der Waals surface area contributed by atoms with E-state index in [0.29, 0.717) is 34.0 Å². The summed E-state index contributed by atoms with van der Waals surface area (Å²) < 4.78 is 16.5. The highest BCUT2D eigenvalue weighted by atomic mass is 32.1. The number of hydrogen-bond donors (Lipinski definition) is 1. The minimum atomic E-state index is -0.173. The predicted molar refractivity (Wildman–Crippen MR) is 93.5 cm³/mol. The quantitative estimate of drug-likeness (QED) is 0.813. The second kappa shape index (κ2) is 7.83. The van der Waals surface area contributed by atoms with Crippen LogP contribution in [0.3, 0.4) is 0 Å². The van der Waals surface area contributed by atoms with Gasteiger partial charge in [0.05, 0.1) is 26.9 Å². The van der Waals surface area contributed by atoms with Gasteiger partial charge in [0.2, 0.25) is 5.75 Å². The maximum Gasteiger partial charge on any atom is 0.256 e. The lowest BCUT2D eigenvalue weighted by Gasteiger charge is -2.21. The molecule has 1 amide bonds. The average Bonchev–Trinajstić information content (AvgIpc) is 2.60. The third-order valence-corrected chi connectivity index (χ3v) is 3.93. The zero-order chi connectivity index (χ0) is 17.7. The van der Waals surface area contributed by atoms with Crippen molar-refractivity contribution in [1.29, 1.82) is 0 Å². The number of hydrogen-bond acceptors (Lipinski definition) is 5. The summed E-state index contributed by atoms with van der Waals surface area (Å²) in [5.74, 6) is 1.43. The van der Waals surface area contributed by atoms with Crippen LogP contribution in [0.15, 0.2) is 30.5 Å². The molecule has 0 radical (unpaired) electrons. The minimum Gasteiger partial charge on any atom is -0.493 e. The van der Waals surface area contributed by atoms with E-state index in [0.717, 1.165) is 5.56 Å². The van der Waals surface area contributed by atoms with Crippen molar-refractivity contribution in [3.8, 4) is 17.2 Å². The van der Waals surface area contributed by atoms with Crippen LogP contribution in [-0.2, 0) is 6.54 Å². The van der Waals surface area contributed by atoms with Crippen molar-refractivity contribution < 1.29 is 19.0 Å². The fourth-order valence-electron chi connectivity index (χ4n) is 2.41. The van der Waals surface area contributed by atoms with Crippen molar-refractivity contribution in [2.75, 3.05) is 28.4 Å². The summed E-state index contributed by atoms with van der Waals surface area (Å²) in [5, 5.41) is 0. The fraction of sp³-hybridized carbons (Fsp3) is 0.294. The number of carbonyl (C=O) groups excluding carboxylic acids is 1. The third kappa shape index (κ3) is 3.51. The van der Waals surface area contributed by atoms with Crippen molar-refractivity contribution in [2.45, 2.75) is 6.54 Å². The van der Waals surface area contributed by atoms with Crippen molar-refractivity contribution in [3.63, 3.8) is 0 Å². The first-order valence-corrected chi connectivity index (χ1v) is 7.65. The molecule has 0 atom stereocenters. The van der Waals surface area contributed by atoms with Crippen molar-refractivity contribution in [2.24, 2.45) is 0 Å². The van der Waals surface area contributed by atoms with Gasteiger partial charge in [-0.15, -0.1) is 0 Å². The Hall–Kier alpha value is -2.54. The summed E-state index contributed by atoms with van der Waals surface area (Å²) in [7, 11) is 6.36. The van der Waals surface area contributed by atoms with E-state index in [9.17, 15) is 4.79 Å². The van der Waals surface area contributed by atoms with E-state index in [-0.39, 0.29) is 5.91 Å².